The molecule has 1 saturated heterocycles. The van der Waals surface area contributed by atoms with Crippen LogP contribution in [0.5, 0.6) is 0 Å². The predicted octanol–water partition coefficient (Wildman–Crippen LogP) is 2.25. The van der Waals surface area contributed by atoms with Crippen molar-refractivity contribution in [3.63, 3.8) is 0 Å². The fourth-order valence-electron chi connectivity index (χ4n) is 2.76. The van der Waals surface area contributed by atoms with Gasteiger partial charge in [0, 0.05) is 36.4 Å². The summed E-state index contributed by atoms with van der Waals surface area (Å²) in [6.07, 6.45) is 8.20. The van der Waals surface area contributed by atoms with Crippen molar-refractivity contribution in [2.24, 2.45) is 5.92 Å². The van der Waals surface area contributed by atoms with Crippen LogP contribution in [-0.4, -0.2) is 27.6 Å². The van der Waals surface area contributed by atoms with Crippen LogP contribution in [0.3, 0.4) is 0 Å². The van der Waals surface area contributed by atoms with Gasteiger partial charge in [-0.05, 0) is 50.9 Å². The minimum Gasteiger partial charge on any atom is -0.328 e. The molecule has 19 heavy (non-hydrogen) atoms. The maximum absolute atomic E-state index is 4.57. The van der Waals surface area contributed by atoms with Gasteiger partial charge in [-0.2, -0.15) is 0 Å². The molecule has 1 fully saturated rings. The lowest BCUT2D eigenvalue weighted by atomic mass is 9.99. The van der Waals surface area contributed by atoms with E-state index < -0.39 is 0 Å². The second-order valence-corrected chi connectivity index (χ2v) is 5.28. The highest BCUT2D eigenvalue weighted by Gasteiger charge is 2.17. The normalized spacial score (nSPS) is 19.5. The first-order valence-corrected chi connectivity index (χ1v) is 6.98. The highest BCUT2D eigenvalue weighted by atomic mass is 15.1. The van der Waals surface area contributed by atoms with E-state index in [1.165, 1.54) is 18.5 Å². The Bertz CT molecular complexity index is 526. The monoisotopic (exact) mass is 256 g/mol. The highest BCUT2D eigenvalue weighted by Crippen LogP contribution is 2.22. The summed E-state index contributed by atoms with van der Waals surface area (Å²) >= 11 is 0. The number of piperidine rings is 1. The molecule has 0 aliphatic carbocycles. The molecule has 0 aromatic carbocycles. The van der Waals surface area contributed by atoms with Gasteiger partial charge in [0.05, 0.1) is 0 Å². The van der Waals surface area contributed by atoms with E-state index in [4.69, 9.17) is 0 Å². The molecule has 1 atom stereocenters. The van der Waals surface area contributed by atoms with Crippen LogP contribution in [0.15, 0.2) is 30.7 Å². The molecule has 1 aliphatic heterocycles. The zero-order chi connectivity index (χ0) is 13.1. The van der Waals surface area contributed by atoms with Crippen LogP contribution >= 0.6 is 0 Å². The van der Waals surface area contributed by atoms with Crippen LogP contribution in [-0.2, 0) is 6.54 Å². The molecular weight excluding hydrogens is 236 g/mol. The van der Waals surface area contributed by atoms with Crippen molar-refractivity contribution in [3.05, 3.63) is 36.4 Å². The van der Waals surface area contributed by atoms with Gasteiger partial charge >= 0.3 is 0 Å². The largest absolute Gasteiger partial charge is 0.328 e. The van der Waals surface area contributed by atoms with Crippen LogP contribution in [0.25, 0.3) is 11.4 Å². The number of aromatic nitrogens is 3. The molecule has 1 aliphatic rings. The van der Waals surface area contributed by atoms with E-state index in [-0.39, 0.29) is 0 Å². The Hall–Kier alpha value is -1.68. The number of hydrogen-bond donors (Lipinski definition) is 1. The Morgan fingerprint density at radius 3 is 2.95 bits per heavy atom. The van der Waals surface area contributed by atoms with Crippen LogP contribution < -0.4 is 5.32 Å². The molecule has 0 saturated carbocycles. The number of aryl methyl sites for hydroxylation is 1. The number of rotatable bonds is 3. The van der Waals surface area contributed by atoms with Gasteiger partial charge in [0.2, 0.25) is 0 Å². The van der Waals surface area contributed by atoms with Crippen LogP contribution in [0.1, 0.15) is 18.5 Å². The number of hydrogen-bond acceptors (Lipinski definition) is 3. The van der Waals surface area contributed by atoms with Gasteiger partial charge in [0.25, 0.3) is 0 Å². The first-order valence-electron chi connectivity index (χ1n) is 6.98. The first-order chi connectivity index (χ1) is 9.34. The van der Waals surface area contributed by atoms with Crippen molar-refractivity contribution < 1.29 is 0 Å². The van der Waals surface area contributed by atoms with Gasteiger partial charge in [-0.1, -0.05) is 0 Å². The summed E-state index contributed by atoms with van der Waals surface area (Å²) in [6.45, 7) is 5.47. The van der Waals surface area contributed by atoms with Gasteiger partial charge in [-0.3, -0.25) is 4.98 Å². The zero-order valence-electron chi connectivity index (χ0n) is 11.3. The van der Waals surface area contributed by atoms with Crippen LogP contribution in [0, 0.1) is 12.8 Å². The summed E-state index contributed by atoms with van der Waals surface area (Å²) in [7, 11) is 0. The van der Waals surface area contributed by atoms with Crippen molar-refractivity contribution in [2.45, 2.75) is 26.3 Å². The summed E-state index contributed by atoms with van der Waals surface area (Å²) in [5, 5.41) is 3.48. The van der Waals surface area contributed by atoms with Gasteiger partial charge in [0.15, 0.2) is 0 Å². The fraction of sp³-hybridized carbons (Fsp3) is 0.467. The molecule has 0 bridgehead atoms. The van der Waals surface area contributed by atoms with Gasteiger partial charge < -0.3 is 9.88 Å². The van der Waals surface area contributed by atoms with Crippen molar-refractivity contribution >= 4 is 0 Å². The number of nitrogens with one attached hydrogen (secondary N) is 1. The molecular formula is C15H20N4. The van der Waals surface area contributed by atoms with E-state index in [2.05, 4.69) is 26.8 Å². The highest BCUT2D eigenvalue weighted by molar-refractivity contribution is 5.55. The molecule has 4 nitrogen and oxygen atoms in total. The number of imidazole rings is 1. The summed E-state index contributed by atoms with van der Waals surface area (Å²) < 4.78 is 2.34. The number of pyridine rings is 1. The molecule has 1 unspecified atom stereocenters. The zero-order valence-corrected chi connectivity index (χ0v) is 11.3. The molecule has 100 valence electrons. The molecule has 2 aromatic heterocycles. The predicted molar refractivity (Wildman–Crippen MR) is 75.8 cm³/mol. The van der Waals surface area contributed by atoms with Crippen molar-refractivity contribution in [1.82, 2.24) is 19.9 Å². The fourth-order valence-corrected chi connectivity index (χ4v) is 2.76. The Morgan fingerprint density at radius 1 is 1.37 bits per heavy atom. The average molecular weight is 256 g/mol. The lowest BCUT2D eigenvalue weighted by Gasteiger charge is -2.24. The molecule has 1 N–H and O–H groups in total. The molecule has 0 spiro atoms. The number of nitrogens with zero attached hydrogens (tertiary/aromatic N) is 3. The summed E-state index contributed by atoms with van der Waals surface area (Å²) in [4.78, 5) is 8.64. The first kappa shape index (κ1) is 12.4. The topological polar surface area (TPSA) is 42.7 Å². The maximum Gasteiger partial charge on any atom is 0.140 e. The summed E-state index contributed by atoms with van der Waals surface area (Å²) in [6, 6.07) is 4.05. The van der Waals surface area contributed by atoms with Gasteiger partial charge in [0.1, 0.15) is 5.82 Å². The van der Waals surface area contributed by atoms with E-state index in [0.29, 0.717) is 5.92 Å². The molecule has 2 aromatic rings. The molecule has 0 radical (unpaired) electrons. The standard InChI is InChI=1S/C15H20N4/c1-12-9-18-15(14-4-7-16-8-5-14)19(12)11-13-3-2-6-17-10-13/h4-5,7-9,13,17H,2-3,6,10-11H2,1H3. The quantitative estimate of drug-likeness (QED) is 0.916. The SMILES string of the molecule is Cc1cnc(-c2ccncc2)n1CC1CCCNC1. The van der Waals surface area contributed by atoms with Crippen LogP contribution in [0.4, 0.5) is 0 Å². The Labute approximate surface area is 113 Å². The third kappa shape index (κ3) is 2.68. The summed E-state index contributed by atoms with van der Waals surface area (Å²) in [5.74, 6) is 1.77. The maximum atomic E-state index is 4.57. The van der Waals surface area contributed by atoms with Crippen molar-refractivity contribution in [2.75, 3.05) is 13.1 Å². The minimum atomic E-state index is 0.710. The lowest BCUT2D eigenvalue weighted by Crippen LogP contribution is -2.32. The third-order valence-corrected chi connectivity index (χ3v) is 3.83. The van der Waals surface area contributed by atoms with Crippen LogP contribution in [0.2, 0.25) is 0 Å². The molecule has 3 rings (SSSR count). The smallest absolute Gasteiger partial charge is 0.140 e. The lowest BCUT2D eigenvalue weighted by molar-refractivity contribution is 0.336. The Kier molecular flexibility index (Phi) is 3.60. The molecule has 0 amide bonds. The minimum absolute atomic E-state index is 0.710. The van der Waals surface area contributed by atoms with E-state index in [1.807, 2.05) is 30.7 Å². The Balaban J connectivity index is 1.86. The van der Waals surface area contributed by atoms with E-state index >= 15 is 0 Å². The van der Waals surface area contributed by atoms with E-state index in [0.717, 1.165) is 31.0 Å². The average Bonchev–Trinajstić information content (AvgIpc) is 2.82. The molecule has 3 heterocycles. The third-order valence-electron chi connectivity index (χ3n) is 3.83. The Morgan fingerprint density at radius 2 is 2.21 bits per heavy atom. The van der Waals surface area contributed by atoms with Gasteiger partial charge in [-0.25, -0.2) is 4.98 Å². The van der Waals surface area contributed by atoms with Crippen molar-refractivity contribution in [1.29, 1.82) is 0 Å². The summed E-state index contributed by atoms with van der Waals surface area (Å²) in [5.41, 5.74) is 2.38. The second-order valence-electron chi connectivity index (χ2n) is 5.28. The van der Waals surface area contributed by atoms with Gasteiger partial charge in [-0.15, -0.1) is 0 Å². The van der Waals surface area contributed by atoms with Crippen molar-refractivity contribution in [3.8, 4) is 11.4 Å². The van der Waals surface area contributed by atoms with E-state index in [9.17, 15) is 0 Å². The van der Waals surface area contributed by atoms with E-state index in [1.54, 1.807) is 0 Å². The molecule has 4 heteroatoms. The second kappa shape index (κ2) is 5.53.